The van der Waals surface area contributed by atoms with Gasteiger partial charge in [0.2, 0.25) is 11.8 Å². The molecule has 1 aliphatic carbocycles. The van der Waals surface area contributed by atoms with Crippen LogP contribution < -0.4 is 15.4 Å². The molecule has 2 N–H and O–H groups in total. The van der Waals surface area contributed by atoms with Gasteiger partial charge in [-0.3, -0.25) is 0 Å². The maximum Gasteiger partial charge on any atom is 0.228 e. The van der Waals surface area contributed by atoms with E-state index in [-0.39, 0.29) is 0 Å². The largest absolute Gasteiger partial charge is 0.478 e. The van der Waals surface area contributed by atoms with Crippen molar-refractivity contribution in [2.75, 3.05) is 24.6 Å². The minimum absolute atomic E-state index is 0.548. The third kappa shape index (κ3) is 4.84. The van der Waals surface area contributed by atoms with Crippen LogP contribution in [0.4, 0.5) is 5.95 Å². The smallest absolute Gasteiger partial charge is 0.228 e. The van der Waals surface area contributed by atoms with Crippen LogP contribution in [0.1, 0.15) is 51.9 Å². The lowest BCUT2D eigenvalue weighted by Crippen LogP contribution is -2.39. The van der Waals surface area contributed by atoms with Gasteiger partial charge in [-0.15, -0.1) is 0 Å². The zero-order valence-corrected chi connectivity index (χ0v) is 13.1. The van der Waals surface area contributed by atoms with E-state index in [1.165, 1.54) is 32.1 Å². The number of nitrogens with zero attached hydrogens (tertiary/aromatic N) is 3. The molecule has 2 rings (SSSR count). The average Bonchev–Trinajstić information content (AvgIpc) is 2.55. The second-order valence-electron chi connectivity index (χ2n) is 5.67. The van der Waals surface area contributed by atoms with Crippen molar-refractivity contribution in [3.8, 4) is 5.88 Å². The number of rotatable bonds is 8. The Kier molecular flexibility index (Phi) is 6.73. The number of hydrogen-bond acceptors (Lipinski definition) is 5. The molecule has 1 heterocycles. The summed E-state index contributed by atoms with van der Waals surface area (Å²) in [6, 6.07) is 2.38. The van der Waals surface area contributed by atoms with Crippen LogP contribution in [0.2, 0.25) is 0 Å². The van der Waals surface area contributed by atoms with Gasteiger partial charge in [-0.1, -0.05) is 26.2 Å². The van der Waals surface area contributed by atoms with Crippen LogP contribution in [-0.2, 0) is 0 Å². The molecule has 0 bridgehead atoms. The van der Waals surface area contributed by atoms with Gasteiger partial charge in [0.05, 0.1) is 6.61 Å². The maximum absolute atomic E-state index is 5.69. The van der Waals surface area contributed by atoms with E-state index in [9.17, 15) is 0 Å². The van der Waals surface area contributed by atoms with Gasteiger partial charge >= 0.3 is 0 Å². The van der Waals surface area contributed by atoms with Crippen molar-refractivity contribution in [2.45, 2.75) is 57.9 Å². The third-order valence-corrected chi connectivity index (χ3v) is 3.95. The van der Waals surface area contributed by atoms with E-state index in [1.54, 1.807) is 6.20 Å². The number of ether oxygens (including phenoxy) is 1. The molecule has 5 nitrogen and oxygen atoms in total. The Bertz CT molecular complexity index is 407. The van der Waals surface area contributed by atoms with Crippen LogP contribution in [-0.4, -0.2) is 35.7 Å². The number of hydrogen-bond donors (Lipinski definition) is 1. The predicted molar refractivity (Wildman–Crippen MR) is 85.7 cm³/mol. The maximum atomic E-state index is 5.69. The molecule has 0 atom stereocenters. The van der Waals surface area contributed by atoms with Crippen molar-refractivity contribution in [3.05, 3.63) is 12.3 Å². The lowest BCUT2D eigenvalue weighted by atomic mass is 9.94. The van der Waals surface area contributed by atoms with E-state index in [1.807, 2.05) is 6.07 Å². The number of anilines is 1. The SMILES string of the molecule is CCCOc1ccnc(N(CCCN)C2CCCCC2)n1. The second-order valence-corrected chi connectivity index (χ2v) is 5.67. The average molecular weight is 292 g/mol. The minimum atomic E-state index is 0.548. The molecule has 0 saturated heterocycles. The van der Waals surface area contributed by atoms with Crippen molar-refractivity contribution in [1.29, 1.82) is 0 Å². The molecule has 0 unspecified atom stereocenters. The van der Waals surface area contributed by atoms with E-state index in [2.05, 4.69) is 21.8 Å². The van der Waals surface area contributed by atoms with Crippen molar-refractivity contribution in [2.24, 2.45) is 5.73 Å². The van der Waals surface area contributed by atoms with Gasteiger partial charge in [0.25, 0.3) is 0 Å². The Hall–Kier alpha value is -1.36. The Labute approximate surface area is 127 Å². The summed E-state index contributed by atoms with van der Waals surface area (Å²) in [6.45, 7) is 4.42. The molecule has 0 amide bonds. The van der Waals surface area contributed by atoms with Crippen molar-refractivity contribution in [3.63, 3.8) is 0 Å². The Morgan fingerprint density at radius 2 is 2.14 bits per heavy atom. The highest BCUT2D eigenvalue weighted by molar-refractivity contribution is 5.33. The van der Waals surface area contributed by atoms with E-state index in [0.29, 0.717) is 25.1 Å². The van der Waals surface area contributed by atoms with Gasteiger partial charge in [-0.2, -0.15) is 4.98 Å². The van der Waals surface area contributed by atoms with Crippen LogP contribution >= 0.6 is 0 Å². The molecule has 118 valence electrons. The summed E-state index contributed by atoms with van der Waals surface area (Å²) in [5.74, 6) is 1.47. The third-order valence-electron chi connectivity index (χ3n) is 3.95. The van der Waals surface area contributed by atoms with Crippen LogP contribution in [0, 0.1) is 0 Å². The molecular weight excluding hydrogens is 264 g/mol. The van der Waals surface area contributed by atoms with Crippen LogP contribution in [0.3, 0.4) is 0 Å². The number of aromatic nitrogens is 2. The van der Waals surface area contributed by atoms with Crippen LogP contribution in [0.15, 0.2) is 12.3 Å². The monoisotopic (exact) mass is 292 g/mol. The van der Waals surface area contributed by atoms with Gasteiger partial charge in [0.1, 0.15) is 0 Å². The molecule has 5 heteroatoms. The molecule has 0 aromatic carbocycles. The first-order valence-electron chi connectivity index (χ1n) is 8.27. The highest BCUT2D eigenvalue weighted by Gasteiger charge is 2.23. The van der Waals surface area contributed by atoms with Gasteiger partial charge in [-0.25, -0.2) is 4.98 Å². The molecule has 1 fully saturated rings. The molecule has 0 spiro atoms. The van der Waals surface area contributed by atoms with E-state index in [0.717, 1.165) is 25.3 Å². The lowest BCUT2D eigenvalue weighted by molar-refractivity contribution is 0.304. The summed E-state index contributed by atoms with van der Waals surface area (Å²) >= 11 is 0. The summed E-state index contributed by atoms with van der Waals surface area (Å²) in [5.41, 5.74) is 5.69. The molecule has 1 saturated carbocycles. The van der Waals surface area contributed by atoms with Crippen LogP contribution in [0.25, 0.3) is 0 Å². The Morgan fingerprint density at radius 3 is 2.86 bits per heavy atom. The molecule has 0 radical (unpaired) electrons. The highest BCUT2D eigenvalue weighted by atomic mass is 16.5. The molecule has 1 aromatic rings. The molecular formula is C16H28N4O. The van der Waals surface area contributed by atoms with Crippen molar-refractivity contribution in [1.82, 2.24) is 9.97 Å². The predicted octanol–water partition coefficient (Wildman–Crippen LogP) is 2.75. The van der Waals surface area contributed by atoms with Gasteiger partial charge in [0.15, 0.2) is 0 Å². The van der Waals surface area contributed by atoms with Gasteiger partial charge < -0.3 is 15.4 Å². The van der Waals surface area contributed by atoms with E-state index >= 15 is 0 Å². The van der Waals surface area contributed by atoms with E-state index < -0.39 is 0 Å². The fourth-order valence-electron chi connectivity index (χ4n) is 2.86. The summed E-state index contributed by atoms with van der Waals surface area (Å²) in [5, 5.41) is 0. The summed E-state index contributed by atoms with van der Waals surface area (Å²) in [6.07, 6.45) is 10.2. The summed E-state index contributed by atoms with van der Waals surface area (Å²) < 4.78 is 5.64. The normalized spacial score (nSPS) is 15.9. The standard InChI is InChI=1S/C16H28N4O/c1-2-13-21-15-9-11-18-16(19-15)20(12-6-10-17)14-7-4-3-5-8-14/h9,11,14H,2-8,10,12-13,17H2,1H3. The summed E-state index contributed by atoms with van der Waals surface area (Å²) in [4.78, 5) is 11.4. The second kappa shape index (κ2) is 8.82. The van der Waals surface area contributed by atoms with Crippen LogP contribution in [0.5, 0.6) is 5.88 Å². The Morgan fingerprint density at radius 1 is 1.33 bits per heavy atom. The van der Waals surface area contributed by atoms with E-state index in [4.69, 9.17) is 10.5 Å². The molecule has 0 aliphatic heterocycles. The zero-order valence-electron chi connectivity index (χ0n) is 13.1. The first-order chi connectivity index (χ1) is 10.3. The fraction of sp³-hybridized carbons (Fsp3) is 0.750. The summed E-state index contributed by atoms with van der Waals surface area (Å²) in [7, 11) is 0. The van der Waals surface area contributed by atoms with Gasteiger partial charge in [0, 0.05) is 24.8 Å². The zero-order chi connectivity index (χ0) is 14.9. The first kappa shape index (κ1) is 16.0. The number of nitrogens with two attached hydrogens (primary N) is 1. The van der Waals surface area contributed by atoms with Crippen molar-refractivity contribution >= 4 is 5.95 Å². The molecule has 21 heavy (non-hydrogen) atoms. The fourth-order valence-corrected chi connectivity index (χ4v) is 2.86. The van der Waals surface area contributed by atoms with Gasteiger partial charge in [-0.05, 0) is 32.2 Å². The Balaban J connectivity index is 2.10. The first-order valence-corrected chi connectivity index (χ1v) is 8.27. The quantitative estimate of drug-likeness (QED) is 0.798. The molecule has 1 aliphatic rings. The minimum Gasteiger partial charge on any atom is -0.478 e. The molecule has 1 aromatic heterocycles. The topological polar surface area (TPSA) is 64.3 Å². The van der Waals surface area contributed by atoms with Crippen molar-refractivity contribution < 1.29 is 4.74 Å². The highest BCUT2D eigenvalue weighted by Crippen LogP contribution is 2.26. The lowest BCUT2D eigenvalue weighted by Gasteiger charge is -2.34.